The van der Waals surface area contributed by atoms with Gasteiger partial charge >= 0.3 is 0 Å². The fourth-order valence-electron chi connectivity index (χ4n) is 3.03. The molecule has 0 saturated carbocycles. The monoisotopic (exact) mass is 388 g/mol. The van der Waals surface area contributed by atoms with E-state index in [9.17, 15) is 13.2 Å². The summed E-state index contributed by atoms with van der Waals surface area (Å²) in [7, 11) is -3.58. The molecular formula is C20H24N2O4S. The number of nitrogens with one attached hydrogen (secondary N) is 2. The zero-order valence-electron chi connectivity index (χ0n) is 15.1. The molecule has 0 atom stereocenters. The van der Waals surface area contributed by atoms with Gasteiger partial charge in [-0.2, -0.15) is 0 Å². The molecule has 1 aromatic heterocycles. The lowest BCUT2D eigenvalue weighted by Crippen LogP contribution is -2.26. The van der Waals surface area contributed by atoms with Crippen LogP contribution in [0, 0.1) is 0 Å². The van der Waals surface area contributed by atoms with Crippen molar-refractivity contribution in [3.63, 3.8) is 0 Å². The molecule has 2 N–H and O–H groups in total. The number of hydrogen-bond acceptors (Lipinski definition) is 4. The molecule has 1 amide bonds. The maximum absolute atomic E-state index is 12.4. The number of rotatable bonds is 8. The smallest absolute Gasteiger partial charge is 0.251 e. The van der Waals surface area contributed by atoms with Crippen LogP contribution in [-0.4, -0.2) is 20.9 Å². The molecule has 0 spiro atoms. The van der Waals surface area contributed by atoms with Crippen LogP contribution in [0.4, 0.5) is 0 Å². The first-order valence-electron chi connectivity index (χ1n) is 9.13. The largest absolute Gasteiger partial charge is 0.467 e. The average Bonchev–Trinajstić information content (AvgIpc) is 3.20. The molecule has 144 valence electrons. The predicted octanol–water partition coefficient (Wildman–Crippen LogP) is 3.38. The molecule has 0 unspecified atom stereocenters. The average molecular weight is 388 g/mol. The van der Waals surface area contributed by atoms with Crippen molar-refractivity contribution in [2.45, 2.75) is 43.5 Å². The van der Waals surface area contributed by atoms with Gasteiger partial charge in [-0.1, -0.05) is 11.6 Å². The normalized spacial score (nSPS) is 14.6. The Labute approximate surface area is 159 Å². The number of furan rings is 1. The SMILES string of the molecule is O=C(NCc1ccco1)c1ccc(S(=O)(=O)NCCC2=CCCCC2)cc1. The van der Waals surface area contributed by atoms with Crippen molar-refractivity contribution in [1.29, 1.82) is 0 Å². The number of carbonyl (C=O) groups is 1. The van der Waals surface area contributed by atoms with E-state index in [0.717, 1.165) is 19.3 Å². The maximum Gasteiger partial charge on any atom is 0.251 e. The van der Waals surface area contributed by atoms with Crippen LogP contribution >= 0.6 is 0 Å². The lowest BCUT2D eigenvalue weighted by Gasteiger charge is -2.13. The summed E-state index contributed by atoms with van der Waals surface area (Å²) in [5.74, 6) is 0.368. The van der Waals surface area contributed by atoms with Crippen LogP contribution in [0.1, 0.15) is 48.2 Å². The van der Waals surface area contributed by atoms with E-state index in [0.29, 0.717) is 17.9 Å². The van der Waals surface area contributed by atoms with Crippen molar-refractivity contribution in [3.05, 3.63) is 65.6 Å². The Balaban J connectivity index is 1.53. The Bertz CT molecular complexity index is 885. The summed E-state index contributed by atoms with van der Waals surface area (Å²) < 4.78 is 32.6. The molecule has 6 nitrogen and oxygen atoms in total. The first-order chi connectivity index (χ1) is 13.0. The Morgan fingerprint density at radius 2 is 1.93 bits per heavy atom. The van der Waals surface area contributed by atoms with Crippen LogP contribution in [0.25, 0.3) is 0 Å². The molecule has 0 aliphatic heterocycles. The molecule has 7 heteroatoms. The second kappa shape index (κ2) is 9.01. The van der Waals surface area contributed by atoms with E-state index >= 15 is 0 Å². The standard InChI is InChI=1S/C20H24N2O4S/c23-20(21-15-18-7-4-14-26-18)17-8-10-19(11-9-17)27(24,25)22-13-12-16-5-2-1-3-6-16/h4-5,7-11,14,22H,1-3,6,12-13,15H2,(H,21,23). The molecule has 0 saturated heterocycles. The topological polar surface area (TPSA) is 88.4 Å². The summed E-state index contributed by atoms with van der Waals surface area (Å²) >= 11 is 0. The molecule has 3 rings (SSSR count). The second-order valence-electron chi connectivity index (χ2n) is 6.54. The first-order valence-corrected chi connectivity index (χ1v) is 10.6. The highest BCUT2D eigenvalue weighted by atomic mass is 32.2. The lowest BCUT2D eigenvalue weighted by molar-refractivity contribution is 0.0948. The molecular weight excluding hydrogens is 364 g/mol. The van der Waals surface area contributed by atoms with Gasteiger partial charge in [0.15, 0.2) is 0 Å². The van der Waals surface area contributed by atoms with Crippen LogP contribution in [0.5, 0.6) is 0 Å². The van der Waals surface area contributed by atoms with E-state index < -0.39 is 10.0 Å². The molecule has 1 aliphatic carbocycles. The van der Waals surface area contributed by atoms with Crippen LogP contribution < -0.4 is 10.0 Å². The number of hydrogen-bond donors (Lipinski definition) is 2. The minimum atomic E-state index is -3.58. The number of carbonyl (C=O) groups excluding carboxylic acids is 1. The summed E-state index contributed by atoms with van der Waals surface area (Å²) in [4.78, 5) is 12.3. The van der Waals surface area contributed by atoms with Gasteiger partial charge in [0.25, 0.3) is 5.91 Å². The number of benzene rings is 1. The molecule has 1 aliphatic rings. The van der Waals surface area contributed by atoms with Crippen LogP contribution in [0.15, 0.2) is 63.6 Å². The van der Waals surface area contributed by atoms with E-state index in [1.54, 1.807) is 18.4 Å². The van der Waals surface area contributed by atoms with Crippen molar-refractivity contribution in [1.82, 2.24) is 10.0 Å². The van der Waals surface area contributed by atoms with Crippen molar-refractivity contribution >= 4 is 15.9 Å². The van der Waals surface area contributed by atoms with Gasteiger partial charge in [0.05, 0.1) is 17.7 Å². The number of allylic oxidation sites excluding steroid dienone is 1. The summed E-state index contributed by atoms with van der Waals surface area (Å²) in [6, 6.07) is 9.43. The Morgan fingerprint density at radius 1 is 1.11 bits per heavy atom. The predicted molar refractivity (Wildman–Crippen MR) is 103 cm³/mol. The van der Waals surface area contributed by atoms with Gasteiger partial charge in [-0.05, 0) is 68.5 Å². The minimum absolute atomic E-state index is 0.155. The van der Waals surface area contributed by atoms with E-state index in [2.05, 4.69) is 16.1 Å². The summed E-state index contributed by atoms with van der Waals surface area (Å²) in [5.41, 5.74) is 1.72. The molecule has 2 aromatic rings. The summed E-state index contributed by atoms with van der Waals surface area (Å²) in [6.07, 6.45) is 9.05. The van der Waals surface area contributed by atoms with E-state index in [1.165, 1.54) is 42.7 Å². The quantitative estimate of drug-likeness (QED) is 0.679. The van der Waals surface area contributed by atoms with Gasteiger partial charge in [-0.15, -0.1) is 0 Å². The van der Waals surface area contributed by atoms with Crippen molar-refractivity contribution in [2.75, 3.05) is 6.54 Å². The molecule has 0 radical (unpaired) electrons. The number of amides is 1. The van der Waals surface area contributed by atoms with Crippen molar-refractivity contribution in [3.8, 4) is 0 Å². The van der Waals surface area contributed by atoms with Gasteiger partial charge in [0, 0.05) is 12.1 Å². The van der Waals surface area contributed by atoms with Gasteiger partial charge in [0.1, 0.15) is 5.76 Å². The molecule has 1 heterocycles. The van der Waals surface area contributed by atoms with Crippen LogP contribution in [-0.2, 0) is 16.6 Å². The Morgan fingerprint density at radius 3 is 2.59 bits per heavy atom. The van der Waals surface area contributed by atoms with Crippen molar-refractivity contribution < 1.29 is 17.6 Å². The van der Waals surface area contributed by atoms with Crippen molar-refractivity contribution in [2.24, 2.45) is 0 Å². The van der Waals surface area contributed by atoms with E-state index in [4.69, 9.17) is 4.42 Å². The molecule has 27 heavy (non-hydrogen) atoms. The minimum Gasteiger partial charge on any atom is -0.467 e. The van der Waals surface area contributed by atoms with E-state index in [-0.39, 0.29) is 17.3 Å². The second-order valence-corrected chi connectivity index (χ2v) is 8.31. The maximum atomic E-state index is 12.4. The number of sulfonamides is 1. The fraction of sp³-hybridized carbons (Fsp3) is 0.350. The highest BCUT2D eigenvalue weighted by Crippen LogP contribution is 2.20. The van der Waals surface area contributed by atoms with Crippen LogP contribution in [0.2, 0.25) is 0 Å². The van der Waals surface area contributed by atoms with Gasteiger partial charge in [0.2, 0.25) is 10.0 Å². The highest BCUT2D eigenvalue weighted by Gasteiger charge is 2.15. The molecule has 1 aromatic carbocycles. The molecule has 0 bridgehead atoms. The summed E-state index contributed by atoms with van der Waals surface area (Å²) in [5, 5.41) is 2.73. The third kappa shape index (κ3) is 5.55. The van der Waals surface area contributed by atoms with E-state index in [1.807, 2.05) is 0 Å². The summed E-state index contributed by atoms with van der Waals surface area (Å²) in [6.45, 7) is 0.669. The lowest BCUT2D eigenvalue weighted by atomic mass is 9.97. The van der Waals surface area contributed by atoms with Crippen LogP contribution in [0.3, 0.4) is 0 Å². The van der Waals surface area contributed by atoms with Gasteiger partial charge in [-0.3, -0.25) is 4.79 Å². The van der Waals surface area contributed by atoms with Gasteiger partial charge < -0.3 is 9.73 Å². The zero-order valence-corrected chi connectivity index (χ0v) is 15.9. The molecule has 0 fully saturated rings. The first kappa shape index (κ1) is 19.4. The fourth-order valence-corrected chi connectivity index (χ4v) is 4.06. The third-order valence-corrected chi connectivity index (χ3v) is 6.03. The van der Waals surface area contributed by atoms with Gasteiger partial charge in [-0.25, -0.2) is 13.1 Å². The Kier molecular flexibility index (Phi) is 6.47. The zero-order chi connectivity index (χ0) is 19.1. The Hall–Kier alpha value is -2.38. The third-order valence-electron chi connectivity index (χ3n) is 4.55. The highest BCUT2D eigenvalue weighted by molar-refractivity contribution is 7.89.